The summed E-state index contributed by atoms with van der Waals surface area (Å²) < 4.78 is 6.89. The zero-order chi connectivity index (χ0) is 16.4. The summed E-state index contributed by atoms with van der Waals surface area (Å²) >= 11 is 0. The van der Waals surface area contributed by atoms with Crippen molar-refractivity contribution in [1.82, 2.24) is 14.7 Å². The van der Waals surface area contributed by atoms with Crippen LogP contribution in [0.25, 0.3) is 5.69 Å². The smallest absolute Gasteiger partial charge is 0.308 e. The number of carboxylic acid groups (broad SMARTS) is 1. The second-order valence-electron chi connectivity index (χ2n) is 5.51. The van der Waals surface area contributed by atoms with Gasteiger partial charge in [0.1, 0.15) is 5.75 Å². The third-order valence-electron chi connectivity index (χ3n) is 3.89. The third kappa shape index (κ3) is 3.18. The van der Waals surface area contributed by atoms with Gasteiger partial charge < -0.3 is 14.7 Å². The number of carbonyl (C=O) groups is 2. The molecule has 1 aromatic carbocycles. The lowest BCUT2D eigenvalue weighted by Crippen LogP contribution is -2.25. The number of carbonyl (C=O) groups excluding carboxylic acids is 1. The Bertz CT molecular complexity index is 740. The summed E-state index contributed by atoms with van der Waals surface area (Å²) in [5.41, 5.74) is 1.71. The number of nitrogens with zero attached hydrogens (tertiary/aromatic N) is 3. The number of carboxylic acids is 1. The molecule has 1 atom stereocenters. The predicted molar refractivity (Wildman–Crippen MR) is 81.3 cm³/mol. The molecule has 7 heteroatoms. The van der Waals surface area contributed by atoms with Gasteiger partial charge in [-0.3, -0.25) is 9.59 Å². The fraction of sp³-hybridized carbons (Fsp3) is 0.312. The number of aliphatic carboxylic acids is 1. The fourth-order valence-corrected chi connectivity index (χ4v) is 2.65. The largest absolute Gasteiger partial charge is 0.497 e. The normalized spacial score (nSPS) is 17.5. The summed E-state index contributed by atoms with van der Waals surface area (Å²) in [6.07, 6.45) is 3.58. The van der Waals surface area contributed by atoms with Gasteiger partial charge in [-0.15, -0.1) is 0 Å². The van der Waals surface area contributed by atoms with Gasteiger partial charge >= 0.3 is 5.97 Å². The maximum Gasteiger partial charge on any atom is 0.308 e. The first kappa shape index (κ1) is 15.1. The molecule has 0 saturated carbocycles. The van der Waals surface area contributed by atoms with Gasteiger partial charge in [0.05, 0.1) is 24.9 Å². The molecular formula is C16H17N3O4. The van der Waals surface area contributed by atoms with Gasteiger partial charge in [0.2, 0.25) is 5.91 Å². The Kier molecular flexibility index (Phi) is 4.01. The summed E-state index contributed by atoms with van der Waals surface area (Å²) in [5.74, 6) is -0.936. The number of benzene rings is 1. The first-order valence-electron chi connectivity index (χ1n) is 7.25. The van der Waals surface area contributed by atoms with Crippen LogP contribution in [0.2, 0.25) is 0 Å². The molecule has 1 N–H and O–H groups in total. The summed E-state index contributed by atoms with van der Waals surface area (Å²) in [5, 5.41) is 13.3. The Morgan fingerprint density at radius 1 is 1.48 bits per heavy atom. The number of hydrogen-bond acceptors (Lipinski definition) is 4. The topological polar surface area (TPSA) is 84.7 Å². The van der Waals surface area contributed by atoms with Crippen LogP contribution in [0.15, 0.2) is 36.7 Å². The van der Waals surface area contributed by atoms with Gasteiger partial charge in [0.25, 0.3) is 0 Å². The van der Waals surface area contributed by atoms with Gasteiger partial charge in [0, 0.05) is 37.3 Å². The van der Waals surface area contributed by atoms with E-state index in [0.29, 0.717) is 6.54 Å². The lowest BCUT2D eigenvalue weighted by atomic mass is 10.1. The van der Waals surface area contributed by atoms with Crippen LogP contribution in [-0.2, 0) is 16.1 Å². The van der Waals surface area contributed by atoms with Crippen molar-refractivity contribution in [3.8, 4) is 11.4 Å². The SMILES string of the molecule is COc1cccc(-n2cc(CN3C[C@@H](C(=O)O)CC3=O)cn2)c1. The molecule has 0 radical (unpaired) electrons. The second kappa shape index (κ2) is 6.12. The maximum atomic E-state index is 11.9. The molecule has 23 heavy (non-hydrogen) atoms. The number of rotatable bonds is 5. The molecule has 0 aliphatic carbocycles. The summed E-state index contributed by atoms with van der Waals surface area (Å²) in [7, 11) is 1.60. The highest BCUT2D eigenvalue weighted by atomic mass is 16.5. The van der Waals surface area contributed by atoms with E-state index in [1.807, 2.05) is 30.5 Å². The van der Waals surface area contributed by atoms with Crippen molar-refractivity contribution in [3.63, 3.8) is 0 Å². The van der Waals surface area contributed by atoms with E-state index in [4.69, 9.17) is 9.84 Å². The molecule has 1 aliphatic rings. The average molecular weight is 315 g/mol. The second-order valence-corrected chi connectivity index (χ2v) is 5.51. The summed E-state index contributed by atoms with van der Waals surface area (Å²) in [6.45, 7) is 0.616. The Morgan fingerprint density at radius 3 is 3.00 bits per heavy atom. The molecule has 2 aromatic rings. The first-order chi connectivity index (χ1) is 11.1. The van der Waals surface area contributed by atoms with Crippen LogP contribution in [0, 0.1) is 5.92 Å². The highest BCUT2D eigenvalue weighted by molar-refractivity contribution is 5.86. The van der Waals surface area contributed by atoms with E-state index in [1.165, 1.54) is 0 Å². The van der Waals surface area contributed by atoms with Crippen molar-refractivity contribution in [2.75, 3.05) is 13.7 Å². The van der Waals surface area contributed by atoms with E-state index in [2.05, 4.69) is 5.10 Å². The maximum absolute atomic E-state index is 11.9. The number of ether oxygens (including phenoxy) is 1. The van der Waals surface area contributed by atoms with E-state index >= 15 is 0 Å². The molecule has 0 spiro atoms. The van der Waals surface area contributed by atoms with Crippen LogP contribution in [0.4, 0.5) is 0 Å². The Labute approximate surface area is 133 Å². The lowest BCUT2D eigenvalue weighted by molar-refractivity contribution is -0.141. The molecule has 120 valence electrons. The number of aromatic nitrogens is 2. The molecular weight excluding hydrogens is 298 g/mol. The Hall–Kier alpha value is -2.83. The quantitative estimate of drug-likeness (QED) is 0.899. The van der Waals surface area contributed by atoms with Crippen molar-refractivity contribution < 1.29 is 19.4 Å². The number of hydrogen-bond donors (Lipinski definition) is 1. The minimum Gasteiger partial charge on any atom is -0.497 e. The Balaban J connectivity index is 1.72. The molecule has 1 amide bonds. The van der Waals surface area contributed by atoms with Crippen molar-refractivity contribution in [2.24, 2.45) is 5.92 Å². The van der Waals surface area contributed by atoms with Gasteiger partial charge in [0.15, 0.2) is 0 Å². The zero-order valence-electron chi connectivity index (χ0n) is 12.7. The van der Waals surface area contributed by atoms with Crippen molar-refractivity contribution >= 4 is 11.9 Å². The van der Waals surface area contributed by atoms with E-state index < -0.39 is 11.9 Å². The highest BCUT2D eigenvalue weighted by Gasteiger charge is 2.34. The minimum absolute atomic E-state index is 0.0688. The predicted octanol–water partition coefficient (Wildman–Crippen LogP) is 1.31. The van der Waals surface area contributed by atoms with Gasteiger partial charge in [-0.1, -0.05) is 6.07 Å². The summed E-state index contributed by atoms with van der Waals surface area (Å²) in [4.78, 5) is 24.4. The monoisotopic (exact) mass is 315 g/mol. The molecule has 0 bridgehead atoms. The van der Waals surface area contributed by atoms with E-state index in [-0.39, 0.29) is 18.9 Å². The Morgan fingerprint density at radius 2 is 2.30 bits per heavy atom. The van der Waals surface area contributed by atoms with Crippen LogP contribution in [0.1, 0.15) is 12.0 Å². The molecule has 7 nitrogen and oxygen atoms in total. The van der Waals surface area contributed by atoms with E-state index in [0.717, 1.165) is 17.0 Å². The van der Waals surface area contributed by atoms with E-state index in [1.54, 1.807) is 22.9 Å². The summed E-state index contributed by atoms with van der Waals surface area (Å²) in [6, 6.07) is 7.48. The number of amides is 1. The average Bonchev–Trinajstić information content (AvgIpc) is 3.15. The molecule has 2 heterocycles. The molecule has 1 saturated heterocycles. The molecule has 1 aromatic heterocycles. The number of methoxy groups -OCH3 is 1. The number of likely N-dealkylation sites (tertiary alicyclic amines) is 1. The van der Waals surface area contributed by atoms with E-state index in [9.17, 15) is 9.59 Å². The van der Waals surface area contributed by atoms with Gasteiger partial charge in [-0.25, -0.2) is 4.68 Å². The molecule has 1 fully saturated rings. The molecule has 0 unspecified atom stereocenters. The van der Waals surface area contributed by atoms with Crippen LogP contribution in [-0.4, -0.2) is 45.3 Å². The third-order valence-corrected chi connectivity index (χ3v) is 3.89. The van der Waals surface area contributed by atoms with Crippen LogP contribution >= 0.6 is 0 Å². The van der Waals surface area contributed by atoms with Crippen molar-refractivity contribution in [1.29, 1.82) is 0 Å². The van der Waals surface area contributed by atoms with Crippen molar-refractivity contribution in [3.05, 3.63) is 42.2 Å². The fourth-order valence-electron chi connectivity index (χ4n) is 2.65. The molecule has 3 rings (SSSR count). The van der Waals surface area contributed by atoms with Crippen LogP contribution < -0.4 is 4.74 Å². The van der Waals surface area contributed by atoms with Crippen LogP contribution in [0.5, 0.6) is 5.75 Å². The lowest BCUT2D eigenvalue weighted by Gasteiger charge is -2.14. The van der Waals surface area contributed by atoms with Crippen molar-refractivity contribution in [2.45, 2.75) is 13.0 Å². The minimum atomic E-state index is -0.923. The van der Waals surface area contributed by atoms with Gasteiger partial charge in [-0.05, 0) is 12.1 Å². The van der Waals surface area contributed by atoms with Crippen LogP contribution in [0.3, 0.4) is 0 Å². The first-order valence-corrected chi connectivity index (χ1v) is 7.25. The highest BCUT2D eigenvalue weighted by Crippen LogP contribution is 2.21. The zero-order valence-corrected chi connectivity index (χ0v) is 12.7. The standard InChI is InChI=1S/C16H17N3O4/c1-23-14-4-2-3-13(6-14)19-9-11(7-17-19)8-18-10-12(16(21)22)5-15(18)20/h2-4,6-7,9,12H,5,8,10H2,1H3,(H,21,22)/t12-/m0/s1. The van der Waals surface area contributed by atoms with Gasteiger partial charge in [-0.2, -0.15) is 5.10 Å². The molecule has 1 aliphatic heterocycles.